The van der Waals surface area contributed by atoms with E-state index < -0.39 is 0 Å². The molecule has 0 aliphatic heterocycles. The highest BCUT2D eigenvalue weighted by Gasteiger charge is 2.17. The first-order valence-corrected chi connectivity index (χ1v) is 7.35. The van der Waals surface area contributed by atoms with Crippen molar-refractivity contribution < 1.29 is 0 Å². The van der Waals surface area contributed by atoms with Gasteiger partial charge < -0.3 is 5.32 Å². The van der Waals surface area contributed by atoms with Gasteiger partial charge in [-0.25, -0.2) is 0 Å². The molecular weight excluding hydrogens is 280 g/mol. The Morgan fingerprint density at radius 3 is 2.71 bits per heavy atom. The number of hydrogen-bond acceptors (Lipinski definition) is 2. The van der Waals surface area contributed by atoms with Crippen LogP contribution in [0.15, 0.2) is 54.7 Å². The molecule has 2 nitrogen and oxygen atoms in total. The summed E-state index contributed by atoms with van der Waals surface area (Å²) in [6, 6.07) is 16.4. The Morgan fingerprint density at radius 2 is 1.90 bits per heavy atom. The number of hydrogen-bond donors (Lipinski definition) is 1. The molecule has 1 aromatic heterocycles. The first-order chi connectivity index (χ1) is 10.2. The van der Waals surface area contributed by atoms with Gasteiger partial charge in [0.1, 0.15) is 0 Å². The molecule has 3 heteroatoms. The Labute approximate surface area is 129 Å². The molecule has 106 valence electrons. The Morgan fingerprint density at radius 1 is 1.05 bits per heavy atom. The van der Waals surface area contributed by atoms with Gasteiger partial charge in [-0.05, 0) is 54.9 Å². The fraction of sp³-hybridized carbons (Fsp3) is 0.167. The summed E-state index contributed by atoms with van der Waals surface area (Å²) in [5.41, 5.74) is 4.64. The third kappa shape index (κ3) is 2.65. The van der Waals surface area contributed by atoms with Crippen LogP contribution in [0.2, 0.25) is 5.02 Å². The van der Waals surface area contributed by atoms with Gasteiger partial charge in [0.05, 0.1) is 11.6 Å². The molecular formula is C18H17ClN2. The molecule has 0 aliphatic carbocycles. The van der Waals surface area contributed by atoms with Crippen LogP contribution >= 0.6 is 11.6 Å². The van der Waals surface area contributed by atoms with E-state index in [-0.39, 0.29) is 6.04 Å². The zero-order valence-electron chi connectivity index (χ0n) is 12.1. The summed E-state index contributed by atoms with van der Waals surface area (Å²) in [4.78, 5) is 4.44. The smallest absolute Gasteiger partial charge is 0.0705 e. The summed E-state index contributed by atoms with van der Waals surface area (Å²) < 4.78 is 0. The maximum atomic E-state index is 6.18. The molecule has 0 radical (unpaired) electrons. The maximum Gasteiger partial charge on any atom is 0.0705 e. The average molecular weight is 297 g/mol. The predicted octanol–water partition coefficient (Wildman–Crippen LogP) is 4.51. The van der Waals surface area contributed by atoms with Crippen molar-refractivity contribution in [2.75, 3.05) is 7.05 Å². The van der Waals surface area contributed by atoms with Crippen molar-refractivity contribution in [3.63, 3.8) is 0 Å². The van der Waals surface area contributed by atoms with Gasteiger partial charge in [0.25, 0.3) is 0 Å². The fourth-order valence-electron chi connectivity index (χ4n) is 2.78. The highest BCUT2D eigenvalue weighted by molar-refractivity contribution is 6.30. The van der Waals surface area contributed by atoms with Gasteiger partial charge in [0.2, 0.25) is 0 Å². The maximum absolute atomic E-state index is 6.18. The van der Waals surface area contributed by atoms with Gasteiger partial charge >= 0.3 is 0 Å². The van der Waals surface area contributed by atoms with Crippen molar-refractivity contribution in [1.82, 2.24) is 10.3 Å². The molecule has 3 aromatic rings. The molecule has 1 atom stereocenters. The van der Waals surface area contributed by atoms with Gasteiger partial charge in [-0.2, -0.15) is 0 Å². The van der Waals surface area contributed by atoms with Crippen LogP contribution in [0.4, 0.5) is 0 Å². The molecule has 0 bridgehead atoms. The van der Waals surface area contributed by atoms with Crippen LogP contribution in [-0.4, -0.2) is 12.0 Å². The topological polar surface area (TPSA) is 24.9 Å². The lowest BCUT2D eigenvalue weighted by Crippen LogP contribution is -2.19. The standard InChI is InChI=1S/C18H17ClN2/c1-12-8-9-13(19)11-16(12)18(20-2)15-5-3-7-17-14(15)6-4-10-21-17/h3-11,18,20H,1-2H3. The Bertz CT molecular complexity index is 778. The summed E-state index contributed by atoms with van der Waals surface area (Å²) >= 11 is 6.18. The van der Waals surface area contributed by atoms with E-state index in [0.717, 1.165) is 10.5 Å². The summed E-state index contributed by atoms with van der Waals surface area (Å²) in [5, 5.41) is 5.33. The molecule has 1 unspecified atom stereocenters. The summed E-state index contributed by atoms with van der Waals surface area (Å²) in [6.45, 7) is 2.11. The molecule has 0 saturated carbocycles. The average Bonchev–Trinajstić information content (AvgIpc) is 2.51. The van der Waals surface area contributed by atoms with E-state index in [2.05, 4.69) is 41.5 Å². The summed E-state index contributed by atoms with van der Waals surface area (Å²) in [6.07, 6.45) is 1.82. The van der Waals surface area contributed by atoms with Crippen LogP contribution in [0.25, 0.3) is 10.9 Å². The quantitative estimate of drug-likeness (QED) is 0.769. The molecule has 21 heavy (non-hydrogen) atoms. The molecule has 3 rings (SSSR count). The lowest BCUT2D eigenvalue weighted by Gasteiger charge is -2.21. The molecule has 0 amide bonds. The predicted molar refractivity (Wildman–Crippen MR) is 88.8 cm³/mol. The van der Waals surface area contributed by atoms with Crippen LogP contribution in [0.1, 0.15) is 22.7 Å². The Hall–Kier alpha value is -1.90. The second-order valence-electron chi connectivity index (χ2n) is 5.14. The molecule has 2 aromatic carbocycles. The first-order valence-electron chi connectivity index (χ1n) is 6.97. The van der Waals surface area contributed by atoms with Crippen LogP contribution in [0, 0.1) is 6.92 Å². The first kappa shape index (κ1) is 14.1. The number of pyridine rings is 1. The van der Waals surface area contributed by atoms with Crippen LogP contribution < -0.4 is 5.32 Å². The highest BCUT2D eigenvalue weighted by Crippen LogP contribution is 2.31. The monoisotopic (exact) mass is 296 g/mol. The van der Waals surface area contributed by atoms with E-state index in [4.69, 9.17) is 11.6 Å². The molecule has 0 saturated heterocycles. The van der Waals surface area contributed by atoms with E-state index in [1.54, 1.807) is 0 Å². The second kappa shape index (κ2) is 5.84. The number of aryl methyl sites for hydroxylation is 1. The minimum Gasteiger partial charge on any atom is -0.309 e. The van der Waals surface area contributed by atoms with Crippen LogP contribution in [0.5, 0.6) is 0 Å². The van der Waals surface area contributed by atoms with E-state index in [0.29, 0.717) is 0 Å². The number of rotatable bonds is 3. The third-order valence-corrected chi connectivity index (χ3v) is 4.07. The number of benzene rings is 2. The lowest BCUT2D eigenvalue weighted by molar-refractivity contribution is 0.692. The van der Waals surface area contributed by atoms with E-state index in [9.17, 15) is 0 Å². The van der Waals surface area contributed by atoms with Crippen molar-refractivity contribution >= 4 is 22.5 Å². The molecule has 0 spiro atoms. The number of fused-ring (bicyclic) bond motifs is 1. The van der Waals surface area contributed by atoms with Crippen LogP contribution in [-0.2, 0) is 0 Å². The SMILES string of the molecule is CNC(c1cc(Cl)ccc1C)c1cccc2ncccc12. The van der Waals surface area contributed by atoms with E-state index >= 15 is 0 Å². The largest absolute Gasteiger partial charge is 0.309 e. The lowest BCUT2D eigenvalue weighted by atomic mass is 9.92. The van der Waals surface area contributed by atoms with Crippen molar-refractivity contribution in [3.8, 4) is 0 Å². The Balaban J connectivity index is 2.21. The molecule has 1 heterocycles. The molecule has 0 fully saturated rings. The zero-order chi connectivity index (χ0) is 14.8. The zero-order valence-corrected chi connectivity index (χ0v) is 12.9. The highest BCUT2D eigenvalue weighted by atomic mass is 35.5. The number of nitrogens with one attached hydrogen (secondary N) is 1. The van der Waals surface area contributed by atoms with Gasteiger partial charge in [-0.1, -0.05) is 35.9 Å². The molecule has 1 N–H and O–H groups in total. The van der Waals surface area contributed by atoms with Crippen molar-refractivity contribution in [3.05, 3.63) is 76.4 Å². The van der Waals surface area contributed by atoms with Crippen LogP contribution in [0.3, 0.4) is 0 Å². The minimum atomic E-state index is 0.0941. The Kier molecular flexibility index (Phi) is 3.91. The van der Waals surface area contributed by atoms with Crippen molar-refractivity contribution in [1.29, 1.82) is 0 Å². The van der Waals surface area contributed by atoms with Crippen molar-refractivity contribution in [2.45, 2.75) is 13.0 Å². The minimum absolute atomic E-state index is 0.0941. The molecule has 0 aliphatic rings. The number of aromatic nitrogens is 1. The summed E-state index contributed by atoms with van der Waals surface area (Å²) in [5.74, 6) is 0. The third-order valence-electron chi connectivity index (χ3n) is 3.83. The van der Waals surface area contributed by atoms with E-state index in [1.807, 2.05) is 37.5 Å². The summed E-state index contributed by atoms with van der Waals surface area (Å²) in [7, 11) is 1.97. The van der Waals surface area contributed by atoms with E-state index in [1.165, 1.54) is 22.1 Å². The van der Waals surface area contributed by atoms with Gasteiger partial charge in [-0.15, -0.1) is 0 Å². The van der Waals surface area contributed by atoms with Crippen molar-refractivity contribution in [2.24, 2.45) is 0 Å². The fourth-order valence-corrected chi connectivity index (χ4v) is 2.96. The second-order valence-corrected chi connectivity index (χ2v) is 5.58. The van der Waals surface area contributed by atoms with Gasteiger partial charge in [0.15, 0.2) is 0 Å². The number of nitrogens with zero attached hydrogens (tertiary/aromatic N) is 1. The van der Waals surface area contributed by atoms with Gasteiger partial charge in [-0.3, -0.25) is 4.98 Å². The van der Waals surface area contributed by atoms with Gasteiger partial charge in [0, 0.05) is 16.6 Å². The number of halogens is 1. The normalized spacial score (nSPS) is 12.5.